The number of aromatic amines is 1. The molecule has 0 aliphatic carbocycles. The molecule has 1 unspecified atom stereocenters. The lowest BCUT2D eigenvalue weighted by atomic mass is 10.1. The first-order chi connectivity index (χ1) is 13.4. The van der Waals surface area contributed by atoms with E-state index in [0.29, 0.717) is 31.0 Å². The van der Waals surface area contributed by atoms with Crippen LogP contribution in [0.5, 0.6) is 0 Å². The number of hydrogen-bond donors (Lipinski definition) is 1. The number of imidazole rings is 2. The predicted molar refractivity (Wildman–Crippen MR) is 96.2 cm³/mol. The molecule has 1 fully saturated rings. The first kappa shape index (κ1) is 18.7. The summed E-state index contributed by atoms with van der Waals surface area (Å²) >= 11 is 0. The third kappa shape index (κ3) is 3.81. The fourth-order valence-corrected chi connectivity index (χ4v) is 3.30. The van der Waals surface area contributed by atoms with Crippen molar-refractivity contribution in [1.29, 1.82) is 0 Å². The topological polar surface area (TPSA) is 59.0 Å². The van der Waals surface area contributed by atoms with Crippen molar-refractivity contribution < 1.29 is 17.9 Å². The minimum Gasteiger partial charge on any atom is -0.378 e. The van der Waals surface area contributed by atoms with E-state index in [-0.39, 0.29) is 6.04 Å². The van der Waals surface area contributed by atoms with Gasteiger partial charge in [-0.05, 0) is 17.7 Å². The Kier molecular flexibility index (Phi) is 4.94. The van der Waals surface area contributed by atoms with Crippen LogP contribution < -0.4 is 0 Å². The minimum atomic E-state index is -4.34. The van der Waals surface area contributed by atoms with E-state index in [0.717, 1.165) is 30.3 Å². The molecule has 1 aliphatic rings. The standard InChI is InChI=1S/C19H20F3N5O/c1-26-7-6-23-17(26)11-27-8-9-28-12-16(27)18-24-10-15(25-18)13-2-4-14(5-3-13)19(20,21)22/h2-7,10,16H,8-9,11-12H2,1H3,(H,24,25). The van der Waals surface area contributed by atoms with Crippen LogP contribution in [-0.4, -0.2) is 44.2 Å². The summed E-state index contributed by atoms with van der Waals surface area (Å²) in [6, 6.07) is 4.97. The molecule has 1 N–H and O–H groups in total. The van der Waals surface area contributed by atoms with Crippen LogP contribution in [0, 0.1) is 0 Å². The van der Waals surface area contributed by atoms with Crippen molar-refractivity contribution in [3.8, 4) is 11.3 Å². The zero-order valence-electron chi connectivity index (χ0n) is 15.3. The molecule has 6 nitrogen and oxygen atoms in total. The molecule has 3 heterocycles. The Morgan fingerprint density at radius 1 is 1.21 bits per heavy atom. The summed E-state index contributed by atoms with van der Waals surface area (Å²) in [6.45, 7) is 2.53. The molecule has 0 saturated carbocycles. The molecule has 3 aromatic rings. The number of ether oxygens (including phenoxy) is 1. The highest BCUT2D eigenvalue weighted by atomic mass is 19.4. The largest absolute Gasteiger partial charge is 0.416 e. The van der Waals surface area contributed by atoms with Crippen molar-refractivity contribution in [2.75, 3.05) is 19.8 Å². The molecule has 1 saturated heterocycles. The Bertz CT molecular complexity index is 932. The summed E-state index contributed by atoms with van der Waals surface area (Å²) in [5.74, 6) is 1.67. The molecule has 4 rings (SSSR count). The van der Waals surface area contributed by atoms with Crippen LogP contribution in [0.25, 0.3) is 11.3 Å². The van der Waals surface area contributed by atoms with Crippen LogP contribution in [-0.2, 0) is 24.5 Å². The van der Waals surface area contributed by atoms with Crippen LogP contribution >= 0.6 is 0 Å². The van der Waals surface area contributed by atoms with Gasteiger partial charge in [0, 0.05) is 26.0 Å². The normalized spacial score (nSPS) is 18.5. The van der Waals surface area contributed by atoms with Crippen LogP contribution in [0.2, 0.25) is 0 Å². The summed E-state index contributed by atoms with van der Waals surface area (Å²) in [5.41, 5.74) is 0.656. The molecule has 0 radical (unpaired) electrons. The van der Waals surface area contributed by atoms with Crippen molar-refractivity contribution in [3.05, 3.63) is 60.1 Å². The molecule has 0 bridgehead atoms. The van der Waals surface area contributed by atoms with E-state index in [4.69, 9.17) is 4.74 Å². The molecule has 9 heteroatoms. The van der Waals surface area contributed by atoms with Gasteiger partial charge in [0.1, 0.15) is 11.6 Å². The van der Waals surface area contributed by atoms with Gasteiger partial charge in [0.15, 0.2) is 0 Å². The fourth-order valence-electron chi connectivity index (χ4n) is 3.30. The average molecular weight is 391 g/mol. The van der Waals surface area contributed by atoms with Crippen molar-refractivity contribution >= 4 is 0 Å². The number of H-pyrrole nitrogens is 1. The molecule has 0 spiro atoms. The Labute approximate surface area is 160 Å². The van der Waals surface area contributed by atoms with E-state index in [1.165, 1.54) is 12.1 Å². The maximum absolute atomic E-state index is 12.7. The van der Waals surface area contributed by atoms with Crippen molar-refractivity contribution in [1.82, 2.24) is 24.4 Å². The van der Waals surface area contributed by atoms with E-state index in [1.54, 1.807) is 12.4 Å². The van der Waals surface area contributed by atoms with Gasteiger partial charge in [-0.2, -0.15) is 13.2 Å². The maximum Gasteiger partial charge on any atom is 0.416 e. The first-order valence-electron chi connectivity index (χ1n) is 8.92. The second-order valence-corrected chi connectivity index (χ2v) is 6.77. The summed E-state index contributed by atoms with van der Waals surface area (Å²) < 4.78 is 45.9. The Morgan fingerprint density at radius 3 is 2.68 bits per heavy atom. The number of nitrogens with zero attached hydrogens (tertiary/aromatic N) is 4. The lowest BCUT2D eigenvalue weighted by molar-refractivity contribution is -0.137. The summed E-state index contributed by atoms with van der Waals surface area (Å²) in [7, 11) is 1.95. The minimum absolute atomic E-state index is 0.0753. The number of morpholine rings is 1. The number of nitrogens with one attached hydrogen (secondary N) is 1. The average Bonchev–Trinajstić information content (AvgIpc) is 3.31. The number of aryl methyl sites for hydroxylation is 1. The van der Waals surface area contributed by atoms with Gasteiger partial charge < -0.3 is 14.3 Å². The van der Waals surface area contributed by atoms with Crippen LogP contribution in [0.4, 0.5) is 13.2 Å². The number of hydrogen-bond acceptors (Lipinski definition) is 4. The number of halogens is 3. The zero-order valence-corrected chi connectivity index (χ0v) is 15.3. The number of rotatable bonds is 4. The molecule has 0 amide bonds. The van der Waals surface area contributed by atoms with Crippen LogP contribution in [0.3, 0.4) is 0 Å². The number of benzene rings is 1. The van der Waals surface area contributed by atoms with Gasteiger partial charge in [-0.3, -0.25) is 4.90 Å². The van der Waals surface area contributed by atoms with Gasteiger partial charge in [-0.15, -0.1) is 0 Å². The Hall–Kier alpha value is -2.65. The van der Waals surface area contributed by atoms with E-state index in [1.807, 2.05) is 17.8 Å². The van der Waals surface area contributed by atoms with Gasteiger partial charge >= 0.3 is 6.18 Å². The Balaban J connectivity index is 1.54. The third-order valence-corrected chi connectivity index (χ3v) is 4.94. The predicted octanol–water partition coefficient (Wildman–Crippen LogP) is 3.40. The molecular formula is C19H20F3N5O. The summed E-state index contributed by atoms with van der Waals surface area (Å²) in [5, 5.41) is 0. The van der Waals surface area contributed by atoms with Gasteiger partial charge in [0.05, 0.1) is 43.3 Å². The number of alkyl halides is 3. The lowest BCUT2D eigenvalue weighted by Gasteiger charge is -2.34. The van der Waals surface area contributed by atoms with Gasteiger partial charge in [-0.1, -0.05) is 12.1 Å². The second kappa shape index (κ2) is 7.40. The van der Waals surface area contributed by atoms with Crippen molar-refractivity contribution in [2.45, 2.75) is 18.8 Å². The molecule has 148 valence electrons. The molecule has 1 aliphatic heterocycles. The molecule has 2 aromatic heterocycles. The summed E-state index contributed by atoms with van der Waals surface area (Å²) in [4.78, 5) is 14.3. The highest BCUT2D eigenvalue weighted by Crippen LogP contribution is 2.31. The van der Waals surface area contributed by atoms with Gasteiger partial charge in [0.25, 0.3) is 0 Å². The first-order valence-corrected chi connectivity index (χ1v) is 8.92. The molecule has 1 aromatic carbocycles. The third-order valence-electron chi connectivity index (χ3n) is 4.94. The zero-order chi connectivity index (χ0) is 19.7. The van der Waals surface area contributed by atoms with Gasteiger partial charge in [-0.25, -0.2) is 9.97 Å². The van der Waals surface area contributed by atoms with E-state index < -0.39 is 11.7 Å². The highest BCUT2D eigenvalue weighted by Gasteiger charge is 2.30. The van der Waals surface area contributed by atoms with Crippen LogP contribution in [0.1, 0.15) is 23.3 Å². The maximum atomic E-state index is 12.7. The van der Waals surface area contributed by atoms with E-state index >= 15 is 0 Å². The quantitative estimate of drug-likeness (QED) is 0.741. The molecular weight excluding hydrogens is 371 g/mol. The fraction of sp³-hybridized carbons (Fsp3) is 0.368. The Morgan fingerprint density at radius 2 is 2.00 bits per heavy atom. The van der Waals surface area contributed by atoms with Gasteiger partial charge in [0.2, 0.25) is 0 Å². The second-order valence-electron chi connectivity index (χ2n) is 6.77. The van der Waals surface area contributed by atoms with Crippen molar-refractivity contribution in [3.63, 3.8) is 0 Å². The molecule has 1 atom stereocenters. The van der Waals surface area contributed by atoms with Crippen molar-refractivity contribution in [2.24, 2.45) is 7.05 Å². The number of aromatic nitrogens is 4. The monoisotopic (exact) mass is 391 g/mol. The lowest BCUT2D eigenvalue weighted by Crippen LogP contribution is -2.40. The van der Waals surface area contributed by atoms with E-state index in [2.05, 4.69) is 19.9 Å². The van der Waals surface area contributed by atoms with Crippen LogP contribution in [0.15, 0.2) is 42.9 Å². The smallest absolute Gasteiger partial charge is 0.378 e. The van der Waals surface area contributed by atoms with E-state index in [9.17, 15) is 13.2 Å². The molecule has 28 heavy (non-hydrogen) atoms. The highest BCUT2D eigenvalue weighted by molar-refractivity contribution is 5.59. The summed E-state index contributed by atoms with van der Waals surface area (Å²) in [6.07, 6.45) is 0.967. The SMILES string of the molecule is Cn1ccnc1CN1CCOCC1c1ncc(-c2ccc(C(F)(F)F)cc2)[nH]1.